The lowest BCUT2D eigenvalue weighted by molar-refractivity contribution is 0.636. The van der Waals surface area contributed by atoms with E-state index in [1.165, 1.54) is 30.4 Å². The van der Waals surface area contributed by atoms with Crippen LogP contribution in [0.15, 0.2) is 91.5 Å². The van der Waals surface area contributed by atoms with Crippen LogP contribution < -0.4 is 0 Å². The van der Waals surface area contributed by atoms with Crippen molar-refractivity contribution in [3.8, 4) is 23.0 Å². The molecule has 0 aromatic heterocycles. The molecular formula is C33H31F. The monoisotopic (exact) mass is 446 g/mol. The van der Waals surface area contributed by atoms with E-state index in [0.29, 0.717) is 10.9 Å². The van der Waals surface area contributed by atoms with Crippen LogP contribution in [-0.2, 0) is 12.8 Å². The minimum Gasteiger partial charge on any atom is -0.205 e. The lowest BCUT2D eigenvalue weighted by Crippen LogP contribution is -1.89. The fourth-order valence-corrected chi connectivity index (χ4v) is 4.17. The molecule has 4 aromatic carbocycles. The zero-order valence-corrected chi connectivity index (χ0v) is 19.9. The number of benzene rings is 4. The highest BCUT2D eigenvalue weighted by Gasteiger charge is 2.08. The van der Waals surface area contributed by atoms with E-state index in [4.69, 9.17) is 0 Å². The van der Waals surface area contributed by atoms with Gasteiger partial charge >= 0.3 is 0 Å². The Morgan fingerprint density at radius 3 is 2.21 bits per heavy atom. The van der Waals surface area contributed by atoms with Gasteiger partial charge in [0, 0.05) is 10.9 Å². The maximum atomic E-state index is 15.2. The number of rotatable bonds is 8. The molecule has 0 unspecified atom stereocenters. The molecule has 0 saturated heterocycles. The third-order valence-electron chi connectivity index (χ3n) is 6.24. The first-order chi connectivity index (χ1) is 16.7. The first kappa shape index (κ1) is 23.5. The van der Waals surface area contributed by atoms with Gasteiger partial charge in [-0.15, -0.1) is 6.58 Å². The van der Waals surface area contributed by atoms with Crippen LogP contribution in [0.4, 0.5) is 4.39 Å². The van der Waals surface area contributed by atoms with Gasteiger partial charge in [0.05, 0.1) is 5.56 Å². The van der Waals surface area contributed by atoms with E-state index in [-0.39, 0.29) is 5.82 Å². The Hall–Kier alpha value is -3.63. The Morgan fingerprint density at radius 1 is 0.765 bits per heavy atom. The predicted octanol–water partition coefficient (Wildman–Crippen LogP) is 8.90. The number of hydrogen-bond acceptors (Lipinski definition) is 0. The quantitative estimate of drug-likeness (QED) is 0.144. The van der Waals surface area contributed by atoms with E-state index < -0.39 is 0 Å². The van der Waals surface area contributed by atoms with E-state index in [2.05, 4.69) is 67.8 Å². The summed E-state index contributed by atoms with van der Waals surface area (Å²) in [5.74, 6) is 5.86. The molecule has 0 heterocycles. The van der Waals surface area contributed by atoms with Crippen molar-refractivity contribution in [2.24, 2.45) is 0 Å². The second-order valence-electron chi connectivity index (χ2n) is 8.79. The van der Waals surface area contributed by atoms with Gasteiger partial charge in [-0.25, -0.2) is 4.39 Å². The van der Waals surface area contributed by atoms with Crippen LogP contribution in [0.25, 0.3) is 21.9 Å². The summed E-state index contributed by atoms with van der Waals surface area (Å²) in [6.07, 6.45) is 8.72. The van der Waals surface area contributed by atoms with Crippen molar-refractivity contribution in [2.45, 2.75) is 45.4 Å². The number of aryl methyl sites for hydroxylation is 2. The van der Waals surface area contributed by atoms with E-state index in [1.54, 1.807) is 6.07 Å². The number of unbranched alkanes of at least 4 members (excludes halogenated alkanes) is 2. The lowest BCUT2D eigenvalue weighted by Gasteiger charge is -2.08. The predicted molar refractivity (Wildman–Crippen MR) is 144 cm³/mol. The third-order valence-corrected chi connectivity index (χ3v) is 6.24. The third kappa shape index (κ3) is 5.83. The molecule has 1 heteroatoms. The molecular weight excluding hydrogens is 415 g/mol. The Labute approximate surface area is 203 Å². The zero-order valence-electron chi connectivity index (χ0n) is 19.9. The molecule has 0 saturated carbocycles. The minimum absolute atomic E-state index is 0.259. The van der Waals surface area contributed by atoms with Crippen molar-refractivity contribution in [3.05, 3.63) is 120 Å². The molecule has 0 aliphatic rings. The molecule has 0 aliphatic heterocycles. The fourth-order valence-electron chi connectivity index (χ4n) is 4.17. The summed E-state index contributed by atoms with van der Waals surface area (Å²) in [5, 5.41) is 1.49. The highest BCUT2D eigenvalue weighted by molar-refractivity contribution is 5.89. The van der Waals surface area contributed by atoms with E-state index >= 15 is 4.39 Å². The SMILES string of the molecule is C=CCCc1ccc(C#Cc2ccc3cc(-c4ccc(CCCCC)cc4)ccc3c2F)cc1. The van der Waals surface area contributed by atoms with Gasteiger partial charge in [0.15, 0.2) is 0 Å². The summed E-state index contributed by atoms with van der Waals surface area (Å²) in [7, 11) is 0. The van der Waals surface area contributed by atoms with Crippen LogP contribution in [-0.4, -0.2) is 0 Å². The molecule has 0 aliphatic carbocycles. The summed E-state index contributed by atoms with van der Waals surface area (Å²) < 4.78 is 15.2. The molecule has 170 valence electrons. The smallest absolute Gasteiger partial charge is 0.146 e. The molecule has 4 aromatic rings. The van der Waals surface area contributed by atoms with Gasteiger partial charge in [-0.1, -0.05) is 92.3 Å². The summed E-state index contributed by atoms with van der Waals surface area (Å²) in [6, 6.07) is 26.6. The van der Waals surface area contributed by atoms with Gasteiger partial charge in [-0.3, -0.25) is 0 Å². The molecule has 0 fully saturated rings. The molecule has 34 heavy (non-hydrogen) atoms. The van der Waals surface area contributed by atoms with E-state index in [9.17, 15) is 0 Å². The van der Waals surface area contributed by atoms with Crippen molar-refractivity contribution >= 4 is 10.8 Å². The standard InChI is InChI=1S/C33H31F/c1-3-5-7-9-26-14-17-28(18-15-26)30-22-23-32-31(24-30)21-20-29(33(32)34)19-16-27-12-10-25(11-13-27)8-6-4-2/h4,10-15,17-18,20-24H,2-3,5-9H2,1H3. The fraction of sp³-hybridized carbons (Fsp3) is 0.212. The zero-order chi connectivity index (χ0) is 23.8. The maximum absolute atomic E-state index is 15.2. The molecule has 0 bridgehead atoms. The summed E-state index contributed by atoms with van der Waals surface area (Å²) >= 11 is 0. The van der Waals surface area contributed by atoms with Crippen LogP contribution >= 0.6 is 0 Å². The number of fused-ring (bicyclic) bond motifs is 1. The van der Waals surface area contributed by atoms with Crippen molar-refractivity contribution in [3.63, 3.8) is 0 Å². The Bertz CT molecular complexity index is 1320. The first-order valence-electron chi connectivity index (χ1n) is 12.2. The first-order valence-corrected chi connectivity index (χ1v) is 12.2. The minimum atomic E-state index is -0.259. The number of allylic oxidation sites excluding steroid dienone is 1. The molecule has 4 rings (SSSR count). The topological polar surface area (TPSA) is 0 Å². The van der Waals surface area contributed by atoms with Crippen molar-refractivity contribution in [1.29, 1.82) is 0 Å². The van der Waals surface area contributed by atoms with Crippen molar-refractivity contribution < 1.29 is 4.39 Å². The lowest BCUT2D eigenvalue weighted by atomic mass is 9.98. The average molecular weight is 447 g/mol. The molecule has 0 radical (unpaired) electrons. The second kappa shape index (κ2) is 11.5. The van der Waals surface area contributed by atoms with Crippen LogP contribution in [0.3, 0.4) is 0 Å². The molecule has 0 spiro atoms. The van der Waals surface area contributed by atoms with Gasteiger partial charge < -0.3 is 0 Å². The summed E-state index contributed by atoms with van der Waals surface area (Å²) in [5.41, 5.74) is 6.19. The van der Waals surface area contributed by atoms with Gasteiger partial charge in [-0.2, -0.15) is 0 Å². The van der Waals surface area contributed by atoms with E-state index in [0.717, 1.165) is 41.3 Å². The molecule has 0 amide bonds. The van der Waals surface area contributed by atoms with E-state index in [1.807, 2.05) is 36.4 Å². The normalized spacial score (nSPS) is 10.6. The summed E-state index contributed by atoms with van der Waals surface area (Å²) in [4.78, 5) is 0. The van der Waals surface area contributed by atoms with Crippen molar-refractivity contribution in [2.75, 3.05) is 0 Å². The highest BCUT2D eigenvalue weighted by atomic mass is 19.1. The molecule has 0 atom stereocenters. The van der Waals surface area contributed by atoms with Gasteiger partial charge in [-0.05, 0) is 77.6 Å². The van der Waals surface area contributed by atoms with Gasteiger partial charge in [0.25, 0.3) is 0 Å². The number of halogens is 1. The van der Waals surface area contributed by atoms with Gasteiger partial charge in [0.1, 0.15) is 5.82 Å². The molecule has 0 N–H and O–H groups in total. The van der Waals surface area contributed by atoms with Crippen molar-refractivity contribution in [1.82, 2.24) is 0 Å². The molecule has 0 nitrogen and oxygen atoms in total. The Kier molecular flexibility index (Phi) is 7.95. The number of hydrogen-bond donors (Lipinski definition) is 0. The van der Waals surface area contributed by atoms with Crippen LogP contribution in [0.2, 0.25) is 0 Å². The Balaban J connectivity index is 1.52. The van der Waals surface area contributed by atoms with Crippen LogP contribution in [0.1, 0.15) is 54.9 Å². The largest absolute Gasteiger partial charge is 0.205 e. The maximum Gasteiger partial charge on any atom is 0.146 e. The highest BCUT2D eigenvalue weighted by Crippen LogP contribution is 2.28. The van der Waals surface area contributed by atoms with Crippen LogP contribution in [0.5, 0.6) is 0 Å². The van der Waals surface area contributed by atoms with Crippen LogP contribution in [0, 0.1) is 17.7 Å². The van der Waals surface area contributed by atoms with Gasteiger partial charge in [0.2, 0.25) is 0 Å². The average Bonchev–Trinajstić information content (AvgIpc) is 2.88. The Morgan fingerprint density at radius 2 is 1.47 bits per heavy atom. The summed E-state index contributed by atoms with van der Waals surface area (Å²) in [6.45, 7) is 5.99. The second-order valence-corrected chi connectivity index (χ2v) is 8.79.